The Morgan fingerprint density at radius 2 is 2.05 bits per heavy atom. The van der Waals surface area contributed by atoms with E-state index in [2.05, 4.69) is 11.8 Å². The molecule has 1 aliphatic rings. The summed E-state index contributed by atoms with van der Waals surface area (Å²) in [7, 11) is 1.72. The molecule has 116 valence electrons. The van der Waals surface area contributed by atoms with Gasteiger partial charge < -0.3 is 15.4 Å². The third kappa shape index (κ3) is 7.32. The average molecular weight is 316 g/mol. The van der Waals surface area contributed by atoms with Gasteiger partial charge in [0.2, 0.25) is 5.91 Å². The summed E-state index contributed by atoms with van der Waals surface area (Å²) in [6.07, 6.45) is 1.37. The summed E-state index contributed by atoms with van der Waals surface area (Å²) >= 11 is 0. The van der Waals surface area contributed by atoms with Crippen LogP contribution in [0.2, 0.25) is 0 Å². The normalized spacial score (nSPS) is 19.5. The topological polar surface area (TPSA) is 58.8 Å². The van der Waals surface area contributed by atoms with E-state index in [9.17, 15) is 4.79 Å². The molecule has 1 aliphatic heterocycles. The molecule has 2 N–H and O–H groups in total. The van der Waals surface area contributed by atoms with Crippen molar-refractivity contribution in [2.24, 2.45) is 5.73 Å². The molecule has 1 saturated heterocycles. The predicted molar refractivity (Wildman–Crippen MR) is 82.3 cm³/mol. The van der Waals surface area contributed by atoms with Crippen LogP contribution in [0.4, 0.5) is 0 Å². The minimum absolute atomic E-state index is 0. The van der Waals surface area contributed by atoms with Crippen LogP contribution in [0.15, 0.2) is 0 Å². The van der Waals surface area contributed by atoms with Crippen molar-refractivity contribution in [1.29, 1.82) is 0 Å². The Kier molecular flexibility index (Phi) is 13.1. The van der Waals surface area contributed by atoms with Crippen molar-refractivity contribution in [3.05, 3.63) is 0 Å². The molecule has 19 heavy (non-hydrogen) atoms. The number of ether oxygens (including phenoxy) is 1. The van der Waals surface area contributed by atoms with Gasteiger partial charge in [0.25, 0.3) is 0 Å². The Hall–Kier alpha value is -0.0700. The van der Waals surface area contributed by atoms with Gasteiger partial charge in [0.15, 0.2) is 0 Å². The smallest absolute Gasteiger partial charge is 0.222 e. The van der Waals surface area contributed by atoms with Crippen molar-refractivity contribution in [2.45, 2.75) is 25.8 Å². The highest BCUT2D eigenvalue weighted by Gasteiger charge is 2.25. The molecule has 1 heterocycles. The minimum atomic E-state index is 0. The molecular weight excluding hydrogens is 289 g/mol. The molecule has 1 amide bonds. The summed E-state index contributed by atoms with van der Waals surface area (Å²) in [4.78, 5) is 16.2. The molecule has 5 nitrogen and oxygen atoms in total. The van der Waals surface area contributed by atoms with Gasteiger partial charge in [0.05, 0.1) is 6.61 Å². The van der Waals surface area contributed by atoms with Gasteiger partial charge in [-0.25, -0.2) is 0 Å². The molecule has 1 unspecified atom stereocenters. The molecule has 1 fully saturated rings. The van der Waals surface area contributed by atoms with E-state index in [1.54, 1.807) is 7.11 Å². The first kappa shape index (κ1) is 21.2. The predicted octanol–water partition coefficient (Wildman–Crippen LogP) is 0.748. The van der Waals surface area contributed by atoms with E-state index < -0.39 is 0 Å². The van der Waals surface area contributed by atoms with E-state index in [0.717, 1.165) is 39.2 Å². The first-order valence-corrected chi connectivity index (χ1v) is 6.40. The van der Waals surface area contributed by atoms with Gasteiger partial charge in [-0.15, -0.1) is 24.8 Å². The van der Waals surface area contributed by atoms with Crippen LogP contribution in [-0.2, 0) is 9.53 Å². The average Bonchev–Trinajstić information content (AvgIpc) is 2.34. The number of amides is 1. The number of hydrogen-bond donors (Lipinski definition) is 1. The zero-order valence-electron chi connectivity index (χ0n) is 11.8. The highest BCUT2D eigenvalue weighted by molar-refractivity contribution is 5.85. The van der Waals surface area contributed by atoms with Crippen LogP contribution >= 0.6 is 24.8 Å². The molecule has 1 rings (SSSR count). The fraction of sp³-hybridized carbons (Fsp3) is 0.917. The lowest BCUT2D eigenvalue weighted by molar-refractivity contribution is -0.134. The first-order chi connectivity index (χ1) is 8.19. The second-order valence-corrected chi connectivity index (χ2v) is 4.61. The van der Waals surface area contributed by atoms with E-state index in [1.807, 2.05) is 4.90 Å². The van der Waals surface area contributed by atoms with E-state index >= 15 is 0 Å². The third-order valence-corrected chi connectivity index (χ3v) is 3.30. The van der Waals surface area contributed by atoms with Crippen molar-refractivity contribution >= 4 is 30.7 Å². The van der Waals surface area contributed by atoms with Crippen LogP contribution in [0, 0.1) is 0 Å². The van der Waals surface area contributed by atoms with Crippen molar-refractivity contribution in [3.8, 4) is 0 Å². The van der Waals surface area contributed by atoms with Crippen molar-refractivity contribution in [1.82, 2.24) is 9.80 Å². The van der Waals surface area contributed by atoms with Gasteiger partial charge in [-0.2, -0.15) is 0 Å². The Morgan fingerprint density at radius 1 is 1.37 bits per heavy atom. The Bertz CT molecular complexity index is 245. The zero-order chi connectivity index (χ0) is 12.7. The second-order valence-electron chi connectivity index (χ2n) is 4.61. The van der Waals surface area contributed by atoms with E-state index in [1.165, 1.54) is 0 Å². The van der Waals surface area contributed by atoms with Crippen molar-refractivity contribution < 1.29 is 9.53 Å². The fourth-order valence-electron chi connectivity index (χ4n) is 2.17. The molecular formula is C12H27Cl2N3O2. The summed E-state index contributed by atoms with van der Waals surface area (Å²) in [6, 6.07) is 0.417. The third-order valence-electron chi connectivity index (χ3n) is 3.30. The van der Waals surface area contributed by atoms with Gasteiger partial charge in [-0.3, -0.25) is 9.69 Å². The van der Waals surface area contributed by atoms with Gasteiger partial charge in [0, 0.05) is 45.8 Å². The molecule has 7 heteroatoms. The molecule has 0 aromatic heterocycles. The molecule has 0 bridgehead atoms. The van der Waals surface area contributed by atoms with E-state index in [0.29, 0.717) is 19.0 Å². The highest BCUT2D eigenvalue weighted by Crippen LogP contribution is 2.10. The van der Waals surface area contributed by atoms with Crippen LogP contribution in [0.1, 0.15) is 19.8 Å². The SMILES string of the molecule is COCCN1CCN(C(=O)CCCN)CC1C.Cl.Cl. The van der Waals surface area contributed by atoms with Crippen LogP contribution in [0.5, 0.6) is 0 Å². The maximum Gasteiger partial charge on any atom is 0.222 e. The molecule has 0 saturated carbocycles. The van der Waals surface area contributed by atoms with Crippen LogP contribution in [-0.4, -0.2) is 68.2 Å². The number of methoxy groups -OCH3 is 1. The van der Waals surface area contributed by atoms with Crippen molar-refractivity contribution in [2.75, 3.05) is 46.4 Å². The van der Waals surface area contributed by atoms with Gasteiger partial charge in [0.1, 0.15) is 0 Å². The summed E-state index contributed by atoms with van der Waals surface area (Å²) in [5.74, 6) is 0.244. The Morgan fingerprint density at radius 3 is 2.58 bits per heavy atom. The lowest BCUT2D eigenvalue weighted by Gasteiger charge is -2.39. The standard InChI is InChI=1S/C12H25N3O2.2ClH/c1-11-10-15(12(16)4-3-5-13)7-6-14(11)8-9-17-2;;/h11H,3-10,13H2,1-2H3;2*1H. The van der Waals surface area contributed by atoms with E-state index in [4.69, 9.17) is 10.5 Å². The van der Waals surface area contributed by atoms with Gasteiger partial charge in [-0.1, -0.05) is 0 Å². The monoisotopic (exact) mass is 315 g/mol. The molecule has 0 radical (unpaired) electrons. The number of rotatable bonds is 6. The van der Waals surface area contributed by atoms with Crippen molar-refractivity contribution in [3.63, 3.8) is 0 Å². The number of carbonyl (C=O) groups is 1. The largest absolute Gasteiger partial charge is 0.383 e. The molecule has 0 aromatic rings. The number of nitrogens with zero attached hydrogens (tertiary/aromatic N) is 2. The number of hydrogen-bond acceptors (Lipinski definition) is 4. The molecule has 0 aromatic carbocycles. The minimum Gasteiger partial charge on any atom is -0.383 e. The van der Waals surface area contributed by atoms with Gasteiger partial charge >= 0.3 is 0 Å². The number of nitrogens with two attached hydrogens (primary N) is 1. The lowest BCUT2D eigenvalue weighted by Crippen LogP contribution is -2.54. The summed E-state index contributed by atoms with van der Waals surface area (Å²) in [5.41, 5.74) is 5.42. The molecule has 1 atom stereocenters. The molecule has 0 aliphatic carbocycles. The quantitative estimate of drug-likeness (QED) is 0.785. The summed E-state index contributed by atoms with van der Waals surface area (Å²) < 4.78 is 5.08. The maximum atomic E-state index is 11.9. The Labute approximate surface area is 128 Å². The Balaban J connectivity index is 0. The number of piperazine rings is 1. The number of carbonyl (C=O) groups excluding carboxylic acids is 1. The zero-order valence-corrected chi connectivity index (χ0v) is 13.5. The van der Waals surface area contributed by atoms with Gasteiger partial charge in [-0.05, 0) is 19.9 Å². The van der Waals surface area contributed by atoms with Crippen LogP contribution in [0.25, 0.3) is 0 Å². The lowest BCUT2D eigenvalue weighted by atomic mass is 10.1. The highest BCUT2D eigenvalue weighted by atomic mass is 35.5. The van der Waals surface area contributed by atoms with Crippen LogP contribution < -0.4 is 5.73 Å². The first-order valence-electron chi connectivity index (χ1n) is 6.40. The maximum absolute atomic E-state index is 11.9. The summed E-state index contributed by atoms with van der Waals surface area (Å²) in [6.45, 7) is 7.06. The second kappa shape index (κ2) is 11.7. The fourth-order valence-corrected chi connectivity index (χ4v) is 2.17. The summed E-state index contributed by atoms with van der Waals surface area (Å²) in [5, 5.41) is 0. The van der Waals surface area contributed by atoms with E-state index in [-0.39, 0.29) is 30.7 Å². The van der Waals surface area contributed by atoms with Crippen LogP contribution in [0.3, 0.4) is 0 Å². The number of halogens is 2. The molecule has 0 spiro atoms.